The Morgan fingerprint density at radius 2 is 2.10 bits per heavy atom. The van der Waals surface area contributed by atoms with Crippen LogP contribution in [0.5, 0.6) is 0 Å². The van der Waals surface area contributed by atoms with Gasteiger partial charge in [0.1, 0.15) is 5.01 Å². The fourth-order valence-electron chi connectivity index (χ4n) is 3.55. The lowest BCUT2D eigenvalue weighted by Crippen LogP contribution is -2.36. The van der Waals surface area contributed by atoms with E-state index in [4.69, 9.17) is 4.98 Å². The van der Waals surface area contributed by atoms with E-state index in [1.165, 1.54) is 42.1 Å². The highest BCUT2D eigenvalue weighted by Crippen LogP contribution is 2.31. The summed E-state index contributed by atoms with van der Waals surface area (Å²) in [6.45, 7) is 4.69. The molecule has 3 nitrogen and oxygen atoms in total. The van der Waals surface area contributed by atoms with Gasteiger partial charge in [0.05, 0.1) is 16.3 Å². The molecule has 20 heavy (non-hydrogen) atoms. The van der Waals surface area contributed by atoms with Gasteiger partial charge in [0.15, 0.2) is 0 Å². The minimum atomic E-state index is 0.438. The molecule has 1 aromatic carbocycles. The van der Waals surface area contributed by atoms with E-state index in [2.05, 4.69) is 41.4 Å². The Hall–Kier alpha value is -0.970. The fraction of sp³-hybridized carbons (Fsp3) is 0.562. The molecule has 3 unspecified atom stereocenters. The maximum Gasteiger partial charge on any atom is 0.111 e. The zero-order valence-electron chi connectivity index (χ0n) is 11.9. The van der Waals surface area contributed by atoms with Crippen molar-refractivity contribution in [3.8, 4) is 0 Å². The fourth-order valence-corrected chi connectivity index (χ4v) is 4.60. The number of para-hydroxylation sites is 1. The lowest BCUT2D eigenvalue weighted by atomic mass is 10.1. The molecule has 3 atom stereocenters. The highest BCUT2D eigenvalue weighted by molar-refractivity contribution is 7.18. The third-order valence-corrected chi connectivity index (χ3v) is 5.98. The molecule has 3 heterocycles. The van der Waals surface area contributed by atoms with Gasteiger partial charge in [-0.25, -0.2) is 4.98 Å². The molecule has 1 aromatic heterocycles. The van der Waals surface area contributed by atoms with Gasteiger partial charge < -0.3 is 5.32 Å². The molecule has 2 aromatic rings. The van der Waals surface area contributed by atoms with Crippen molar-refractivity contribution >= 4 is 21.6 Å². The van der Waals surface area contributed by atoms with E-state index in [9.17, 15) is 0 Å². The van der Waals surface area contributed by atoms with Crippen LogP contribution in [0.3, 0.4) is 0 Å². The normalized spacial score (nSPS) is 28.6. The van der Waals surface area contributed by atoms with Crippen molar-refractivity contribution in [1.82, 2.24) is 15.2 Å². The van der Waals surface area contributed by atoms with Gasteiger partial charge in [0.25, 0.3) is 0 Å². The second-order valence-corrected chi connectivity index (χ2v) is 7.18. The minimum Gasteiger partial charge on any atom is -0.310 e. The number of hydrogen-bond acceptors (Lipinski definition) is 4. The monoisotopic (exact) mass is 287 g/mol. The summed E-state index contributed by atoms with van der Waals surface area (Å²) < 4.78 is 1.31. The van der Waals surface area contributed by atoms with Crippen molar-refractivity contribution in [2.24, 2.45) is 0 Å². The summed E-state index contributed by atoms with van der Waals surface area (Å²) >= 11 is 1.85. The predicted molar refractivity (Wildman–Crippen MR) is 84.2 cm³/mol. The number of aromatic nitrogens is 1. The van der Waals surface area contributed by atoms with Gasteiger partial charge in [0, 0.05) is 25.2 Å². The second-order valence-electron chi connectivity index (χ2n) is 6.12. The van der Waals surface area contributed by atoms with Gasteiger partial charge in [-0.3, -0.25) is 4.90 Å². The Morgan fingerprint density at radius 3 is 3.00 bits per heavy atom. The van der Waals surface area contributed by atoms with Crippen LogP contribution in [-0.4, -0.2) is 35.1 Å². The van der Waals surface area contributed by atoms with Gasteiger partial charge in [-0.2, -0.15) is 0 Å². The smallest absolute Gasteiger partial charge is 0.111 e. The second kappa shape index (κ2) is 5.10. The first-order valence-corrected chi connectivity index (χ1v) is 8.47. The quantitative estimate of drug-likeness (QED) is 0.919. The van der Waals surface area contributed by atoms with Crippen molar-refractivity contribution < 1.29 is 0 Å². The minimum absolute atomic E-state index is 0.438. The number of thiazole rings is 1. The summed E-state index contributed by atoms with van der Waals surface area (Å²) in [5.41, 5.74) is 1.15. The van der Waals surface area contributed by atoms with E-state index in [0.717, 1.165) is 11.6 Å². The van der Waals surface area contributed by atoms with Crippen molar-refractivity contribution in [2.75, 3.05) is 13.1 Å². The van der Waals surface area contributed by atoms with E-state index in [0.29, 0.717) is 12.1 Å². The van der Waals surface area contributed by atoms with Gasteiger partial charge >= 0.3 is 0 Å². The van der Waals surface area contributed by atoms with Crippen LogP contribution >= 0.6 is 11.3 Å². The standard InChI is InChI=1S/C16H21N3S/c1-11(16-18-14-4-2-3-5-15(14)20-16)19-9-8-12-6-7-13(10-19)17-12/h2-5,11-13,17H,6-10H2,1H3. The molecule has 4 heteroatoms. The predicted octanol–water partition coefficient (Wildman–Crippen LogP) is 3.18. The molecule has 0 radical (unpaired) electrons. The highest BCUT2D eigenvalue weighted by Gasteiger charge is 2.31. The van der Waals surface area contributed by atoms with E-state index >= 15 is 0 Å². The third kappa shape index (κ3) is 2.26. The van der Waals surface area contributed by atoms with Crippen LogP contribution in [0.25, 0.3) is 10.2 Å². The van der Waals surface area contributed by atoms with Crippen LogP contribution in [-0.2, 0) is 0 Å². The molecule has 0 aliphatic carbocycles. The molecule has 1 N–H and O–H groups in total. The molecule has 2 fully saturated rings. The van der Waals surface area contributed by atoms with Crippen LogP contribution in [0.4, 0.5) is 0 Å². The van der Waals surface area contributed by atoms with Gasteiger partial charge in [-0.15, -0.1) is 11.3 Å². The summed E-state index contributed by atoms with van der Waals surface area (Å²) in [6.07, 6.45) is 3.99. The molecular weight excluding hydrogens is 266 g/mol. The van der Waals surface area contributed by atoms with E-state index in [-0.39, 0.29) is 0 Å². The maximum atomic E-state index is 4.84. The van der Waals surface area contributed by atoms with Crippen molar-refractivity contribution in [3.63, 3.8) is 0 Å². The molecule has 0 spiro atoms. The van der Waals surface area contributed by atoms with E-state index < -0.39 is 0 Å². The number of fused-ring (bicyclic) bond motifs is 3. The SMILES string of the molecule is CC(c1nc2ccccc2s1)N1CCC2CCC(C1)N2. The summed E-state index contributed by atoms with van der Waals surface area (Å²) in [6, 6.07) is 10.4. The van der Waals surface area contributed by atoms with Crippen LogP contribution in [0.2, 0.25) is 0 Å². The molecule has 2 bridgehead atoms. The molecule has 0 amide bonds. The number of likely N-dealkylation sites (tertiary alicyclic amines) is 1. The Balaban J connectivity index is 1.58. The zero-order chi connectivity index (χ0) is 13.5. The molecule has 2 saturated heterocycles. The van der Waals surface area contributed by atoms with Gasteiger partial charge in [-0.05, 0) is 38.3 Å². The zero-order valence-corrected chi connectivity index (χ0v) is 12.7. The average Bonchev–Trinajstić information content (AvgIpc) is 3.01. The lowest BCUT2D eigenvalue weighted by Gasteiger charge is -2.28. The molecule has 0 saturated carbocycles. The van der Waals surface area contributed by atoms with Crippen LogP contribution in [0.1, 0.15) is 37.2 Å². The van der Waals surface area contributed by atoms with Crippen LogP contribution in [0, 0.1) is 0 Å². The lowest BCUT2D eigenvalue weighted by molar-refractivity contribution is 0.199. The van der Waals surface area contributed by atoms with E-state index in [1.54, 1.807) is 0 Å². The molecule has 2 aliphatic rings. The van der Waals surface area contributed by atoms with Crippen molar-refractivity contribution in [2.45, 2.75) is 44.3 Å². The highest BCUT2D eigenvalue weighted by atomic mass is 32.1. The number of nitrogens with zero attached hydrogens (tertiary/aromatic N) is 2. The van der Waals surface area contributed by atoms with Crippen LogP contribution in [0.15, 0.2) is 24.3 Å². The summed E-state index contributed by atoms with van der Waals surface area (Å²) in [7, 11) is 0. The topological polar surface area (TPSA) is 28.2 Å². The van der Waals surface area contributed by atoms with Crippen molar-refractivity contribution in [1.29, 1.82) is 0 Å². The number of nitrogens with one attached hydrogen (secondary N) is 1. The Labute approximate surface area is 124 Å². The number of benzene rings is 1. The number of hydrogen-bond donors (Lipinski definition) is 1. The molecule has 4 rings (SSSR count). The first-order chi connectivity index (χ1) is 9.79. The van der Waals surface area contributed by atoms with Gasteiger partial charge in [0.2, 0.25) is 0 Å². The molecular formula is C16H21N3S. The summed E-state index contributed by atoms with van der Waals surface area (Å²) in [4.78, 5) is 7.46. The summed E-state index contributed by atoms with van der Waals surface area (Å²) in [5, 5.41) is 5.02. The maximum absolute atomic E-state index is 4.84. The van der Waals surface area contributed by atoms with Gasteiger partial charge in [-0.1, -0.05) is 12.1 Å². The largest absolute Gasteiger partial charge is 0.310 e. The Kier molecular flexibility index (Phi) is 3.25. The third-order valence-electron chi connectivity index (χ3n) is 4.77. The summed E-state index contributed by atoms with van der Waals surface area (Å²) in [5.74, 6) is 0. The Bertz CT molecular complexity index is 576. The first-order valence-electron chi connectivity index (χ1n) is 7.65. The molecule has 106 valence electrons. The van der Waals surface area contributed by atoms with E-state index in [1.807, 2.05) is 11.3 Å². The Morgan fingerprint density at radius 1 is 1.25 bits per heavy atom. The number of rotatable bonds is 2. The van der Waals surface area contributed by atoms with Crippen molar-refractivity contribution in [3.05, 3.63) is 29.3 Å². The first kappa shape index (κ1) is 12.7. The van der Waals surface area contributed by atoms with Crippen LogP contribution < -0.4 is 5.32 Å². The molecule has 2 aliphatic heterocycles. The average molecular weight is 287 g/mol.